The van der Waals surface area contributed by atoms with Gasteiger partial charge in [-0.25, -0.2) is 12.7 Å². The summed E-state index contributed by atoms with van der Waals surface area (Å²) in [7, 11) is -3.11. The molecule has 1 heterocycles. The molecule has 1 rings (SSSR count). The van der Waals surface area contributed by atoms with Crippen molar-refractivity contribution < 1.29 is 13.2 Å². The number of amides is 1. The Morgan fingerprint density at radius 3 is 2.38 bits per heavy atom. The molecule has 0 aromatic rings. The Balaban J connectivity index is 2.35. The zero-order valence-corrected chi connectivity index (χ0v) is 14.4. The SMILES string of the molecule is CCCCCC(C)NC(=O)C1CCN(S(=O)(=O)CC)CC1. The highest BCUT2D eigenvalue weighted by Crippen LogP contribution is 2.20. The predicted molar refractivity (Wildman–Crippen MR) is 85.5 cm³/mol. The lowest BCUT2D eigenvalue weighted by molar-refractivity contribution is -0.126. The molecule has 1 aliphatic rings. The number of carbonyl (C=O) groups excluding carboxylic acids is 1. The molecule has 0 aromatic carbocycles. The Morgan fingerprint density at radius 1 is 1.24 bits per heavy atom. The van der Waals surface area contributed by atoms with E-state index in [4.69, 9.17) is 0 Å². The van der Waals surface area contributed by atoms with Crippen molar-refractivity contribution in [1.29, 1.82) is 0 Å². The third kappa shape index (κ3) is 5.94. The molecule has 0 saturated carbocycles. The summed E-state index contributed by atoms with van der Waals surface area (Å²) in [5, 5.41) is 3.07. The number of sulfonamides is 1. The highest BCUT2D eigenvalue weighted by molar-refractivity contribution is 7.89. The quantitative estimate of drug-likeness (QED) is 0.697. The topological polar surface area (TPSA) is 66.5 Å². The molecule has 6 heteroatoms. The highest BCUT2D eigenvalue weighted by Gasteiger charge is 2.30. The van der Waals surface area contributed by atoms with E-state index in [0.29, 0.717) is 25.9 Å². The van der Waals surface area contributed by atoms with Crippen LogP contribution in [0.25, 0.3) is 0 Å². The average Bonchev–Trinajstić information content (AvgIpc) is 2.47. The fraction of sp³-hybridized carbons (Fsp3) is 0.933. The van der Waals surface area contributed by atoms with Crippen molar-refractivity contribution in [2.24, 2.45) is 5.92 Å². The Bertz CT molecular complexity index is 415. The zero-order chi connectivity index (χ0) is 15.9. The number of carbonyl (C=O) groups is 1. The number of rotatable bonds is 8. The van der Waals surface area contributed by atoms with E-state index in [0.717, 1.165) is 12.8 Å². The molecule has 0 aromatic heterocycles. The molecule has 0 spiro atoms. The number of hydrogen-bond donors (Lipinski definition) is 1. The number of unbranched alkanes of at least 4 members (excludes halogenated alkanes) is 2. The standard InChI is InChI=1S/C15H30N2O3S/c1-4-6-7-8-13(3)16-15(18)14-9-11-17(12-10-14)21(19,20)5-2/h13-14H,4-12H2,1-3H3,(H,16,18). The normalized spacial score (nSPS) is 19.4. The summed E-state index contributed by atoms with van der Waals surface area (Å²) >= 11 is 0. The summed E-state index contributed by atoms with van der Waals surface area (Å²) in [4.78, 5) is 12.2. The van der Waals surface area contributed by atoms with E-state index in [1.807, 2.05) is 6.92 Å². The first-order valence-corrected chi connectivity index (χ1v) is 9.79. The maximum Gasteiger partial charge on any atom is 0.223 e. The molecule has 1 N–H and O–H groups in total. The fourth-order valence-electron chi connectivity index (χ4n) is 2.71. The van der Waals surface area contributed by atoms with Crippen molar-refractivity contribution in [2.75, 3.05) is 18.8 Å². The second kappa shape index (κ2) is 8.73. The average molecular weight is 318 g/mol. The van der Waals surface area contributed by atoms with Gasteiger partial charge in [-0.2, -0.15) is 0 Å². The van der Waals surface area contributed by atoms with Crippen LogP contribution in [-0.2, 0) is 14.8 Å². The van der Waals surface area contributed by atoms with E-state index < -0.39 is 10.0 Å². The van der Waals surface area contributed by atoms with Crippen LogP contribution in [0.4, 0.5) is 0 Å². The number of nitrogens with zero attached hydrogens (tertiary/aromatic N) is 1. The van der Waals surface area contributed by atoms with Gasteiger partial charge in [-0.1, -0.05) is 26.2 Å². The minimum atomic E-state index is -3.11. The van der Waals surface area contributed by atoms with E-state index >= 15 is 0 Å². The van der Waals surface area contributed by atoms with E-state index in [-0.39, 0.29) is 23.6 Å². The van der Waals surface area contributed by atoms with Crippen LogP contribution in [0.3, 0.4) is 0 Å². The van der Waals surface area contributed by atoms with E-state index in [1.54, 1.807) is 6.92 Å². The molecule has 1 amide bonds. The zero-order valence-electron chi connectivity index (χ0n) is 13.6. The van der Waals surface area contributed by atoms with Crippen LogP contribution in [0.5, 0.6) is 0 Å². The summed E-state index contributed by atoms with van der Waals surface area (Å²) < 4.78 is 25.1. The van der Waals surface area contributed by atoms with Crippen molar-refractivity contribution >= 4 is 15.9 Å². The maximum atomic E-state index is 12.2. The van der Waals surface area contributed by atoms with Gasteiger partial charge in [0.1, 0.15) is 0 Å². The third-order valence-electron chi connectivity index (χ3n) is 4.21. The summed E-state index contributed by atoms with van der Waals surface area (Å²) in [6.07, 6.45) is 5.81. The fourth-order valence-corrected chi connectivity index (χ4v) is 3.84. The van der Waals surface area contributed by atoms with Gasteiger partial charge >= 0.3 is 0 Å². The Hall–Kier alpha value is -0.620. The van der Waals surface area contributed by atoms with Crippen molar-refractivity contribution in [1.82, 2.24) is 9.62 Å². The van der Waals surface area contributed by atoms with Crippen LogP contribution in [0.2, 0.25) is 0 Å². The minimum Gasteiger partial charge on any atom is -0.353 e. The monoisotopic (exact) mass is 318 g/mol. The molecule has 0 radical (unpaired) electrons. The molecule has 1 fully saturated rings. The van der Waals surface area contributed by atoms with Gasteiger partial charge in [0.25, 0.3) is 0 Å². The first-order valence-electron chi connectivity index (χ1n) is 8.18. The Kier molecular flexibility index (Phi) is 7.66. The lowest BCUT2D eigenvalue weighted by atomic mass is 9.96. The van der Waals surface area contributed by atoms with E-state index in [2.05, 4.69) is 12.2 Å². The Morgan fingerprint density at radius 2 is 1.86 bits per heavy atom. The predicted octanol–water partition coefficient (Wildman–Crippen LogP) is 2.13. The molecular weight excluding hydrogens is 288 g/mol. The first-order chi connectivity index (χ1) is 9.90. The van der Waals surface area contributed by atoms with Crippen LogP contribution in [-0.4, -0.2) is 43.5 Å². The van der Waals surface area contributed by atoms with Gasteiger partial charge in [-0.05, 0) is 33.1 Å². The number of piperidine rings is 1. The minimum absolute atomic E-state index is 0.0399. The van der Waals surface area contributed by atoms with E-state index in [9.17, 15) is 13.2 Å². The molecule has 1 atom stereocenters. The number of hydrogen-bond acceptors (Lipinski definition) is 3. The lowest BCUT2D eigenvalue weighted by Gasteiger charge is -2.30. The van der Waals surface area contributed by atoms with Crippen LogP contribution in [0.1, 0.15) is 59.3 Å². The van der Waals surface area contributed by atoms with Gasteiger partial charge in [0, 0.05) is 25.0 Å². The summed E-state index contributed by atoms with van der Waals surface area (Å²) in [5.41, 5.74) is 0. The van der Waals surface area contributed by atoms with Gasteiger partial charge in [0.2, 0.25) is 15.9 Å². The van der Waals surface area contributed by atoms with Crippen molar-refractivity contribution in [2.45, 2.75) is 65.3 Å². The van der Waals surface area contributed by atoms with Gasteiger partial charge in [0.05, 0.1) is 5.75 Å². The van der Waals surface area contributed by atoms with Crippen molar-refractivity contribution in [3.63, 3.8) is 0 Å². The van der Waals surface area contributed by atoms with Gasteiger partial charge < -0.3 is 5.32 Å². The second-order valence-corrected chi connectivity index (χ2v) is 8.24. The molecule has 21 heavy (non-hydrogen) atoms. The molecule has 0 bridgehead atoms. The Labute approximate surface area is 129 Å². The molecular formula is C15H30N2O3S. The highest BCUT2D eigenvalue weighted by atomic mass is 32.2. The smallest absolute Gasteiger partial charge is 0.223 e. The summed E-state index contributed by atoms with van der Waals surface area (Å²) in [6, 6.07) is 0.210. The molecule has 1 saturated heterocycles. The van der Waals surface area contributed by atoms with E-state index in [1.165, 1.54) is 17.1 Å². The first kappa shape index (κ1) is 18.4. The molecule has 5 nitrogen and oxygen atoms in total. The van der Waals surface area contributed by atoms with Crippen LogP contribution in [0, 0.1) is 5.92 Å². The van der Waals surface area contributed by atoms with Gasteiger partial charge in [-0.3, -0.25) is 4.79 Å². The van der Waals surface area contributed by atoms with Crippen molar-refractivity contribution in [3.05, 3.63) is 0 Å². The maximum absolute atomic E-state index is 12.2. The molecule has 1 aliphatic heterocycles. The second-order valence-electron chi connectivity index (χ2n) is 5.98. The summed E-state index contributed by atoms with van der Waals surface area (Å²) in [5.74, 6) is 0.188. The summed E-state index contributed by atoms with van der Waals surface area (Å²) in [6.45, 7) is 6.81. The number of nitrogens with one attached hydrogen (secondary N) is 1. The molecule has 0 aliphatic carbocycles. The molecule has 124 valence electrons. The third-order valence-corrected chi connectivity index (χ3v) is 6.09. The lowest BCUT2D eigenvalue weighted by Crippen LogP contribution is -2.45. The van der Waals surface area contributed by atoms with Crippen molar-refractivity contribution in [3.8, 4) is 0 Å². The van der Waals surface area contributed by atoms with Crippen LogP contribution in [0.15, 0.2) is 0 Å². The van der Waals surface area contributed by atoms with Gasteiger partial charge in [0.15, 0.2) is 0 Å². The molecule has 1 unspecified atom stereocenters. The largest absolute Gasteiger partial charge is 0.353 e. The van der Waals surface area contributed by atoms with Crippen LogP contribution >= 0.6 is 0 Å². The van der Waals surface area contributed by atoms with Crippen LogP contribution < -0.4 is 5.32 Å². The van der Waals surface area contributed by atoms with Gasteiger partial charge in [-0.15, -0.1) is 0 Å².